The zero-order chi connectivity index (χ0) is 8.81. The second-order valence-electron chi connectivity index (χ2n) is 2.13. The zero-order valence-corrected chi connectivity index (χ0v) is 7.34. The van der Waals surface area contributed by atoms with E-state index in [4.69, 9.17) is 11.0 Å². The summed E-state index contributed by atoms with van der Waals surface area (Å²) in [7, 11) is 0. The van der Waals surface area contributed by atoms with Gasteiger partial charge in [-0.3, -0.25) is 0 Å². The van der Waals surface area contributed by atoms with Crippen LogP contribution in [-0.2, 0) is 0 Å². The smallest absolute Gasteiger partial charge is 0.0993 e. The summed E-state index contributed by atoms with van der Waals surface area (Å²) < 4.78 is 0. The van der Waals surface area contributed by atoms with Crippen molar-refractivity contribution < 1.29 is 0 Å². The molecule has 0 radical (unpaired) electrons. The fourth-order valence-electron chi connectivity index (χ4n) is 0.721. The van der Waals surface area contributed by atoms with Crippen LogP contribution in [0.3, 0.4) is 0 Å². The number of nitriles is 1. The van der Waals surface area contributed by atoms with Crippen LogP contribution in [0.1, 0.15) is 5.56 Å². The fourth-order valence-corrected chi connectivity index (χ4v) is 1.39. The van der Waals surface area contributed by atoms with Gasteiger partial charge in [-0.1, -0.05) is 0 Å². The maximum absolute atomic E-state index is 8.58. The van der Waals surface area contributed by atoms with Gasteiger partial charge in [0, 0.05) is 18.5 Å². The van der Waals surface area contributed by atoms with Gasteiger partial charge in [0.15, 0.2) is 0 Å². The Kier molecular flexibility index (Phi) is 3.58. The standard InChI is InChI=1S/C8H9N3S/c9-2-4-12-8-5-7(6-10)1-3-11-8/h1,3,5H,2,4,9H2. The van der Waals surface area contributed by atoms with Crippen molar-refractivity contribution in [3.63, 3.8) is 0 Å². The molecule has 0 bridgehead atoms. The lowest BCUT2D eigenvalue weighted by molar-refractivity contribution is 1.10. The second-order valence-corrected chi connectivity index (χ2v) is 3.25. The third kappa shape index (κ3) is 2.53. The molecule has 0 saturated heterocycles. The first-order chi connectivity index (χ1) is 5.86. The van der Waals surface area contributed by atoms with Crippen molar-refractivity contribution in [2.45, 2.75) is 5.03 Å². The molecule has 12 heavy (non-hydrogen) atoms. The SMILES string of the molecule is N#Cc1ccnc(SCCN)c1. The molecule has 0 aliphatic rings. The number of hydrogen-bond donors (Lipinski definition) is 1. The van der Waals surface area contributed by atoms with E-state index < -0.39 is 0 Å². The molecule has 1 aromatic heterocycles. The van der Waals surface area contributed by atoms with Crippen LogP contribution in [0, 0.1) is 11.3 Å². The molecule has 0 amide bonds. The summed E-state index contributed by atoms with van der Waals surface area (Å²) in [5.74, 6) is 0.835. The van der Waals surface area contributed by atoms with Crippen molar-refractivity contribution in [2.75, 3.05) is 12.3 Å². The Hall–Kier alpha value is -1.05. The molecule has 4 heteroatoms. The minimum Gasteiger partial charge on any atom is -0.330 e. The number of rotatable bonds is 3. The summed E-state index contributed by atoms with van der Waals surface area (Å²) >= 11 is 1.56. The van der Waals surface area contributed by atoms with E-state index in [1.807, 2.05) is 0 Å². The minimum absolute atomic E-state index is 0.628. The van der Waals surface area contributed by atoms with Gasteiger partial charge in [0.05, 0.1) is 16.7 Å². The van der Waals surface area contributed by atoms with Crippen molar-refractivity contribution in [1.82, 2.24) is 4.98 Å². The molecule has 0 aliphatic heterocycles. The molecule has 3 nitrogen and oxygen atoms in total. The first-order valence-corrected chi connectivity index (χ1v) is 4.54. The summed E-state index contributed by atoms with van der Waals surface area (Å²) in [6, 6.07) is 5.51. The molecule has 1 heterocycles. The molecule has 0 aromatic carbocycles. The predicted molar refractivity (Wildman–Crippen MR) is 48.7 cm³/mol. The van der Waals surface area contributed by atoms with Crippen molar-refractivity contribution in [1.29, 1.82) is 5.26 Å². The average molecular weight is 179 g/mol. The topological polar surface area (TPSA) is 62.7 Å². The van der Waals surface area contributed by atoms with E-state index in [0.717, 1.165) is 10.8 Å². The van der Waals surface area contributed by atoms with Gasteiger partial charge in [-0.25, -0.2) is 4.98 Å². The third-order valence-corrected chi connectivity index (χ3v) is 2.19. The van der Waals surface area contributed by atoms with Crippen LogP contribution in [0.5, 0.6) is 0 Å². The molecule has 0 unspecified atom stereocenters. The van der Waals surface area contributed by atoms with Crippen molar-refractivity contribution in [3.8, 4) is 6.07 Å². The van der Waals surface area contributed by atoms with Crippen LogP contribution in [-0.4, -0.2) is 17.3 Å². The van der Waals surface area contributed by atoms with Gasteiger partial charge in [0.2, 0.25) is 0 Å². The summed E-state index contributed by atoms with van der Waals surface area (Å²) in [6.07, 6.45) is 1.64. The quantitative estimate of drug-likeness (QED) is 0.703. The van der Waals surface area contributed by atoms with Gasteiger partial charge < -0.3 is 5.73 Å². The molecule has 1 aromatic rings. The van der Waals surface area contributed by atoms with Crippen LogP contribution in [0.15, 0.2) is 23.4 Å². The Balaban J connectivity index is 2.68. The lowest BCUT2D eigenvalue weighted by Crippen LogP contribution is -2.01. The number of thioether (sulfide) groups is 1. The summed E-state index contributed by atoms with van der Waals surface area (Å²) in [4.78, 5) is 4.08. The van der Waals surface area contributed by atoms with Crippen LogP contribution in [0.4, 0.5) is 0 Å². The lowest BCUT2D eigenvalue weighted by atomic mass is 10.3. The fraction of sp³-hybridized carbons (Fsp3) is 0.250. The average Bonchev–Trinajstić information content (AvgIpc) is 2.15. The van der Waals surface area contributed by atoms with Gasteiger partial charge in [-0.05, 0) is 12.1 Å². The minimum atomic E-state index is 0.628. The van der Waals surface area contributed by atoms with E-state index in [2.05, 4.69) is 11.1 Å². The summed E-state index contributed by atoms with van der Waals surface area (Å²) in [6.45, 7) is 0.628. The summed E-state index contributed by atoms with van der Waals surface area (Å²) in [5, 5.41) is 9.44. The predicted octanol–water partition coefficient (Wildman–Crippen LogP) is 1.00. The highest BCUT2D eigenvalue weighted by Crippen LogP contribution is 2.14. The third-order valence-electron chi connectivity index (χ3n) is 1.23. The first-order valence-electron chi connectivity index (χ1n) is 3.56. The van der Waals surface area contributed by atoms with E-state index in [-0.39, 0.29) is 0 Å². The van der Waals surface area contributed by atoms with E-state index in [9.17, 15) is 0 Å². The van der Waals surface area contributed by atoms with Gasteiger partial charge in [-0.15, -0.1) is 11.8 Å². The Bertz CT molecular complexity index is 293. The molecule has 0 saturated carbocycles. The van der Waals surface area contributed by atoms with Crippen LogP contribution in [0.25, 0.3) is 0 Å². The van der Waals surface area contributed by atoms with Crippen LogP contribution >= 0.6 is 11.8 Å². The molecule has 0 aliphatic carbocycles. The highest BCUT2D eigenvalue weighted by Gasteiger charge is 1.95. The van der Waals surface area contributed by atoms with Gasteiger partial charge in [0.1, 0.15) is 0 Å². The van der Waals surface area contributed by atoms with Crippen molar-refractivity contribution in [3.05, 3.63) is 23.9 Å². The van der Waals surface area contributed by atoms with Crippen molar-refractivity contribution >= 4 is 11.8 Å². The maximum Gasteiger partial charge on any atom is 0.0993 e. The lowest BCUT2D eigenvalue weighted by Gasteiger charge is -1.97. The van der Waals surface area contributed by atoms with Gasteiger partial charge >= 0.3 is 0 Å². The Morgan fingerprint density at radius 1 is 1.67 bits per heavy atom. The van der Waals surface area contributed by atoms with E-state index in [0.29, 0.717) is 12.1 Å². The number of nitrogens with two attached hydrogens (primary N) is 1. The highest BCUT2D eigenvalue weighted by atomic mass is 32.2. The number of hydrogen-bond acceptors (Lipinski definition) is 4. The molecule has 2 N–H and O–H groups in total. The van der Waals surface area contributed by atoms with E-state index >= 15 is 0 Å². The molecular weight excluding hydrogens is 170 g/mol. The highest BCUT2D eigenvalue weighted by molar-refractivity contribution is 7.99. The Morgan fingerprint density at radius 2 is 2.50 bits per heavy atom. The normalized spacial score (nSPS) is 9.33. The molecule has 0 atom stereocenters. The molecule has 1 rings (SSSR count). The Morgan fingerprint density at radius 3 is 3.17 bits per heavy atom. The van der Waals surface area contributed by atoms with Gasteiger partial charge in [0.25, 0.3) is 0 Å². The summed E-state index contributed by atoms with van der Waals surface area (Å²) in [5.41, 5.74) is 5.98. The van der Waals surface area contributed by atoms with Gasteiger partial charge in [-0.2, -0.15) is 5.26 Å². The number of pyridine rings is 1. The largest absolute Gasteiger partial charge is 0.330 e. The van der Waals surface area contributed by atoms with Crippen LogP contribution < -0.4 is 5.73 Å². The maximum atomic E-state index is 8.58. The van der Waals surface area contributed by atoms with E-state index in [1.165, 1.54) is 0 Å². The zero-order valence-electron chi connectivity index (χ0n) is 6.53. The number of nitrogens with zero attached hydrogens (tertiary/aromatic N) is 2. The first kappa shape index (κ1) is 9.04. The molecule has 0 fully saturated rings. The van der Waals surface area contributed by atoms with Crippen LogP contribution in [0.2, 0.25) is 0 Å². The molecular formula is C8H9N3S. The second kappa shape index (κ2) is 4.75. The monoisotopic (exact) mass is 179 g/mol. The van der Waals surface area contributed by atoms with E-state index in [1.54, 1.807) is 30.1 Å². The number of aromatic nitrogens is 1. The van der Waals surface area contributed by atoms with Crippen molar-refractivity contribution in [2.24, 2.45) is 5.73 Å². The molecule has 0 spiro atoms. The molecule has 62 valence electrons. The Labute approximate surface area is 75.6 Å².